The van der Waals surface area contributed by atoms with Gasteiger partial charge in [0.2, 0.25) is 0 Å². The number of nitrogens with zero attached hydrogens (tertiary/aromatic N) is 1. The summed E-state index contributed by atoms with van der Waals surface area (Å²) in [6.07, 6.45) is 1.01. The maximum atomic E-state index is 14.0. The van der Waals surface area contributed by atoms with Gasteiger partial charge < -0.3 is 10.1 Å². The first-order valence-electron chi connectivity index (χ1n) is 6.48. The van der Waals surface area contributed by atoms with Crippen LogP contribution in [0, 0.1) is 12.7 Å². The van der Waals surface area contributed by atoms with Crippen LogP contribution in [-0.2, 0) is 11.3 Å². The summed E-state index contributed by atoms with van der Waals surface area (Å²) in [6, 6.07) is 5.40. The van der Waals surface area contributed by atoms with E-state index in [1.54, 1.807) is 7.11 Å². The molecule has 0 atom stereocenters. The van der Waals surface area contributed by atoms with Crippen LogP contribution in [0.2, 0.25) is 0 Å². The van der Waals surface area contributed by atoms with E-state index in [0.29, 0.717) is 12.1 Å². The second-order valence-electron chi connectivity index (χ2n) is 4.66. The lowest BCUT2D eigenvalue weighted by Crippen LogP contribution is -2.04. The number of aromatic nitrogens is 1. The smallest absolute Gasteiger partial charge is 0.149 e. The van der Waals surface area contributed by atoms with Gasteiger partial charge in [-0.3, -0.25) is 0 Å². The summed E-state index contributed by atoms with van der Waals surface area (Å²) in [4.78, 5) is 4.33. The Morgan fingerprint density at radius 1 is 1.32 bits per heavy atom. The Bertz CT molecular complexity index is 584. The lowest BCUT2D eigenvalue weighted by atomic mass is 10.1. The van der Waals surface area contributed by atoms with Gasteiger partial charge in [0, 0.05) is 24.7 Å². The Kier molecular flexibility index (Phi) is 4.32. The first-order chi connectivity index (χ1) is 9.15. The van der Waals surface area contributed by atoms with Gasteiger partial charge in [-0.05, 0) is 37.1 Å². The van der Waals surface area contributed by atoms with E-state index >= 15 is 0 Å². The molecule has 0 spiro atoms. The minimum atomic E-state index is -0.285. The fourth-order valence-corrected chi connectivity index (χ4v) is 2.10. The predicted octanol–water partition coefficient (Wildman–Crippen LogP) is 3.65. The van der Waals surface area contributed by atoms with E-state index < -0.39 is 0 Å². The van der Waals surface area contributed by atoms with Gasteiger partial charge in [0.25, 0.3) is 0 Å². The van der Waals surface area contributed by atoms with E-state index in [1.165, 1.54) is 6.07 Å². The van der Waals surface area contributed by atoms with E-state index in [9.17, 15) is 4.39 Å². The highest BCUT2D eigenvalue weighted by Gasteiger charge is 2.10. The molecule has 0 unspecified atom stereocenters. The molecule has 0 aliphatic rings. The number of halogens is 1. The van der Waals surface area contributed by atoms with Gasteiger partial charge in [-0.15, -0.1) is 0 Å². The zero-order valence-electron chi connectivity index (χ0n) is 11.6. The zero-order valence-corrected chi connectivity index (χ0v) is 11.6. The quantitative estimate of drug-likeness (QED) is 0.893. The molecule has 0 aliphatic carbocycles. The van der Waals surface area contributed by atoms with Crippen molar-refractivity contribution in [3.8, 4) is 0 Å². The molecule has 0 saturated heterocycles. The first-order valence-corrected chi connectivity index (χ1v) is 6.48. The number of methoxy groups -OCH3 is 1. The van der Waals surface area contributed by atoms with Crippen LogP contribution >= 0.6 is 0 Å². The predicted molar refractivity (Wildman–Crippen MR) is 75.9 cm³/mol. The molecule has 4 heteroatoms. The lowest BCUT2D eigenvalue weighted by Gasteiger charge is -2.12. The molecule has 2 aromatic rings. The standard InChI is InChI=1S/C15H19FN2O/c1-4-5-17-14-8-11(9-19-3)18-15-12(14)6-10(2)7-13(15)16/h6-8H,4-5,9H2,1-3H3,(H,17,18). The van der Waals surface area contributed by atoms with E-state index in [0.717, 1.165) is 35.3 Å². The molecular formula is C15H19FN2O. The maximum Gasteiger partial charge on any atom is 0.149 e. The number of benzene rings is 1. The Morgan fingerprint density at radius 2 is 2.11 bits per heavy atom. The van der Waals surface area contributed by atoms with Crippen molar-refractivity contribution in [2.45, 2.75) is 26.9 Å². The van der Waals surface area contributed by atoms with Crippen molar-refractivity contribution in [1.29, 1.82) is 0 Å². The molecule has 0 radical (unpaired) electrons. The number of hydrogen-bond acceptors (Lipinski definition) is 3. The van der Waals surface area contributed by atoms with Crippen LogP contribution in [0.3, 0.4) is 0 Å². The highest BCUT2D eigenvalue weighted by Crippen LogP contribution is 2.27. The van der Waals surface area contributed by atoms with E-state index in [-0.39, 0.29) is 5.82 Å². The van der Waals surface area contributed by atoms with Crippen LogP contribution in [0.4, 0.5) is 10.1 Å². The lowest BCUT2D eigenvalue weighted by molar-refractivity contribution is 0.182. The van der Waals surface area contributed by atoms with Crippen LogP contribution < -0.4 is 5.32 Å². The average Bonchev–Trinajstić information content (AvgIpc) is 2.37. The Balaban J connectivity index is 2.60. The molecule has 0 aliphatic heterocycles. The molecule has 1 aromatic heterocycles. The summed E-state index contributed by atoms with van der Waals surface area (Å²) >= 11 is 0. The van der Waals surface area contributed by atoms with Crippen molar-refractivity contribution in [2.24, 2.45) is 0 Å². The number of anilines is 1. The summed E-state index contributed by atoms with van der Waals surface area (Å²) in [5.74, 6) is -0.285. The van der Waals surface area contributed by atoms with Crippen molar-refractivity contribution in [1.82, 2.24) is 4.98 Å². The van der Waals surface area contributed by atoms with Crippen molar-refractivity contribution in [2.75, 3.05) is 19.0 Å². The fraction of sp³-hybridized carbons (Fsp3) is 0.400. The second-order valence-corrected chi connectivity index (χ2v) is 4.66. The summed E-state index contributed by atoms with van der Waals surface area (Å²) in [5.41, 5.74) is 2.95. The first kappa shape index (κ1) is 13.7. The molecule has 1 aromatic carbocycles. The molecular weight excluding hydrogens is 243 g/mol. The molecule has 0 saturated carbocycles. The number of aryl methyl sites for hydroxylation is 1. The van der Waals surface area contributed by atoms with Gasteiger partial charge in [0.15, 0.2) is 0 Å². The van der Waals surface area contributed by atoms with Crippen LogP contribution in [0.1, 0.15) is 24.6 Å². The van der Waals surface area contributed by atoms with Crippen LogP contribution in [0.25, 0.3) is 10.9 Å². The fourth-order valence-electron chi connectivity index (χ4n) is 2.10. The molecule has 0 amide bonds. The minimum Gasteiger partial charge on any atom is -0.384 e. The third-order valence-corrected chi connectivity index (χ3v) is 2.92. The normalized spacial score (nSPS) is 10.9. The molecule has 0 fully saturated rings. The minimum absolute atomic E-state index is 0.285. The summed E-state index contributed by atoms with van der Waals surface area (Å²) in [5, 5.41) is 4.15. The van der Waals surface area contributed by atoms with Gasteiger partial charge in [-0.2, -0.15) is 0 Å². The zero-order chi connectivity index (χ0) is 13.8. The van der Waals surface area contributed by atoms with Crippen molar-refractivity contribution in [3.05, 3.63) is 35.3 Å². The number of ether oxygens (including phenoxy) is 1. The van der Waals surface area contributed by atoms with E-state index in [2.05, 4.69) is 17.2 Å². The molecule has 0 bridgehead atoms. The van der Waals surface area contributed by atoms with Crippen molar-refractivity contribution in [3.63, 3.8) is 0 Å². The Morgan fingerprint density at radius 3 is 2.79 bits per heavy atom. The number of pyridine rings is 1. The third kappa shape index (κ3) is 3.01. The van der Waals surface area contributed by atoms with Crippen LogP contribution in [0.5, 0.6) is 0 Å². The summed E-state index contributed by atoms with van der Waals surface area (Å²) in [6.45, 7) is 5.21. The highest BCUT2D eigenvalue weighted by molar-refractivity contribution is 5.92. The summed E-state index contributed by atoms with van der Waals surface area (Å²) in [7, 11) is 1.61. The number of rotatable bonds is 5. The van der Waals surface area contributed by atoms with E-state index in [4.69, 9.17) is 4.74 Å². The molecule has 102 valence electrons. The van der Waals surface area contributed by atoms with Crippen molar-refractivity contribution < 1.29 is 9.13 Å². The third-order valence-electron chi connectivity index (χ3n) is 2.92. The van der Waals surface area contributed by atoms with Crippen molar-refractivity contribution >= 4 is 16.6 Å². The van der Waals surface area contributed by atoms with Gasteiger partial charge in [-0.25, -0.2) is 9.37 Å². The average molecular weight is 262 g/mol. The second kappa shape index (κ2) is 5.97. The molecule has 2 rings (SSSR count). The number of hydrogen-bond donors (Lipinski definition) is 1. The van der Waals surface area contributed by atoms with Gasteiger partial charge in [0.1, 0.15) is 11.3 Å². The summed E-state index contributed by atoms with van der Waals surface area (Å²) < 4.78 is 19.1. The SMILES string of the molecule is CCCNc1cc(COC)nc2c(F)cc(C)cc12. The van der Waals surface area contributed by atoms with Gasteiger partial charge in [0.05, 0.1) is 12.3 Å². The highest BCUT2D eigenvalue weighted by atomic mass is 19.1. The molecule has 3 nitrogen and oxygen atoms in total. The Hall–Kier alpha value is -1.68. The largest absolute Gasteiger partial charge is 0.384 e. The Labute approximate surface area is 112 Å². The van der Waals surface area contributed by atoms with Gasteiger partial charge in [-0.1, -0.05) is 6.92 Å². The van der Waals surface area contributed by atoms with Crippen LogP contribution in [-0.4, -0.2) is 18.6 Å². The van der Waals surface area contributed by atoms with Crippen LogP contribution in [0.15, 0.2) is 18.2 Å². The van der Waals surface area contributed by atoms with Gasteiger partial charge >= 0.3 is 0 Å². The number of nitrogens with one attached hydrogen (secondary N) is 1. The van der Waals surface area contributed by atoms with E-state index in [1.807, 2.05) is 19.1 Å². The molecule has 19 heavy (non-hydrogen) atoms. The monoisotopic (exact) mass is 262 g/mol. The molecule has 1 N–H and O–H groups in total. The topological polar surface area (TPSA) is 34.1 Å². The molecule has 1 heterocycles. The maximum absolute atomic E-state index is 14.0. The number of fused-ring (bicyclic) bond motifs is 1.